The minimum Gasteiger partial charge on any atom is -0.481 e. The van der Waals surface area contributed by atoms with E-state index in [4.69, 9.17) is 5.11 Å². The molecule has 0 aliphatic carbocycles. The Morgan fingerprint density at radius 2 is 1.86 bits per heavy atom. The first-order valence-electron chi connectivity index (χ1n) is 4.15. The highest BCUT2D eigenvalue weighted by Gasteiger charge is 2.03. The van der Waals surface area contributed by atoms with Gasteiger partial charge in [-0.05, 0) is 14.1 Å². The Morgan fingerprint density at radius 3 is 2.29 bits per heavy atom. The predicted octanol–water partition coefficient (Wildman–Crippen LogP) is -0.0492. The molecule has 0 heterocycles. The number of rotatable bonds is 6. The van der Waals surface area contributed by atoms with Crippen LogP contribution >= 0.6 is 12.4 Å². The molecule has 0 unspecified atom stereocenters. The number of halogens is 1. The summed E-state index contributed by atoms with van der Waals surface area (Å²) in [7, 11) is 3.81. The van der Waals surface area contributed by atoms with Crippen molar-refractivity contribution in [1.82, 2.24) is 10.2 Å². The molecule has 0 radical (unpaired) electrons. The van der Waals surface area contributed by atoms with E-state index >= 15 is 0 Å². The van der Waals surface area contributed by atoms with Crippen LogP contribution in [0.25, 0.3) is 0 Å². The average Bonchev–Trinajstić information content (AvgIpc) is 2.00. The molecule has 0 fully saturated rings. The van der Waals surface area contributed by atoms with Gasteiger partial charge in [0.1, 0.15) is 0 Å². The normalized spacial score (nSPS) is 9.36. The molecule has 0 saturated carbocycles. The summed E-state index contributed by atoms with van der Waals surface area (Å²) in [5.74, 6) is -1.15. The van der Waals surface area contributed by atoms with Gasteiger partial charge in [-0.1, -0.05) is 0 Å². The van der Waals surface area contributed by atoms with Gasteiger partial charge in [-0.2, -0.15) is 0 Å². The lowest BCUT2D eigenvalue weighted by atomic mass is 10.3. The number of aliphatic carboxylic acids is 1. The topological polar surface area (TPSA) is 69.6 Å². The summed E-state index contributed by atoms with van der Waals surface area (Å²) in [5.41, 5.74) is 0. The standard InChI is InChI=1S/C8H16N2O3.ClH/c1-10(2)6-5-9-7(11)3-4-8(12)13;/h3-6H2,1-2H3,(H,9,11)(H,12,13);1H. The van der Waals surface area contributed by atoms with E-state index in [1.54, 1.807) is 0 Å². The summed E-state index contributed by atoms with van der Waals surface area (Å²) in [6.07, 6.45) is -0.0451. The van der Waals surface area contributed by atoms with Crippen LogP contribution in [-0.2, 0) is 9.59 Å². The van der Waals surface area contributed by atoms with Crippen molar-refractivity contribution < 1.29 is 14.7 Å². The van der Waals surface area contributed by atoms with Crippen LogP contribution in [0.4, 0.5) is 0 Å². The van der Waals surface area contributed by atoms with E-state index in [2.05, 4.69) is 5.32 Å². The van der Waals surface area contributed by atoms with Gasteiger partial charge in [-0.25, -0.2) is 0 Å². The number of carboxylic acids is 1. The van der Waals surface area contributed by atoms with Gasteiger partial charge in [0, 0.05) is 19.5 Å². The molecule has 1 amide bonds. The van der Waals surface area contributed by atoms with Gasteiger partial charge in [-0.3, -0.25) is 9.59 Å². The molecule has 0 bridgehead atoms. The summed E-state index contributed by atoms with van der Waals surface area (Å²) in [4.78, 5) is 23.0. The number of nitrogens with one attached hydrogen (secondary N) is 1. The van der Waals surface area contributed by atoms with E-state index < -0.39 is 5.97 Å². The van der Waals surface area contributed by atoms with Gasteiger partial charge < -0.3 is 15.3 Å². The lowest BCUT2D eigenvalue weighted by molar-refractivity contribution is -0.138. The molecule has 0 aromatic carbocycles. The molecule has 6 heteroatoms. The lowest BCUT2D eigenvalue weighted by Gasteiger charge is -2.09. The predicted molar refractivity (Wildman–Crippen MR) is 55.7 cm³/mol. The number of carboxylic acid groups (broad SMARTS) is 1. The zero-order valence-electron chi connectivity index (χ0n) is 8.45. The van der Waals surface area contributed by atoms with Crippen molar-refractivity contribution in [2.24, 2.45) is 0 Å². The fourth-order valence-electron chi connectivity index (χ4n) is 0.728. The first-order valence-corrected chi connectivity index (χ1v) is 4.15. The van der Waals surface area contributed by atoms with Gasteiger partial charge in [0.05, 0.1) is 6.42 Å². The van der Waals surface area contributed by atoms with Crippen LogP contribution in [-0.4, -0.2) is 49.1 Å². The number of hydrogen-bond donors (Lipinski definition) is 2. The van der Waals surface area contributed by atoms with Crippen molar-refractivity contribution >= 4 is 24.3 Å². The van der Waals surface area contributed by atoms with E-state index in [-0.39, 0.29) is 31.2 Å². The van der Waals surface area contributed by atoms with Crippen LogP contribution in [0, 0.1) is 0 Å². The van der Waals surface area contributed by atoms with Crippen LogP contribution in [0.1, 0.15) is 12.8 Å². The Labute approximate surface area is 89.9 Å². The highest BCUT2D eigenvalue weighted by Crippen LogP contribution is 1.87. The molecule has 0 aromatic rings. The molecule has 0 aromatic heterocycles. The van der Waals surface area contributed by atoms with Gasteiger partial charge in [0.2, 0.25) is 5.91 Å². The molecular weight excluding hydrogens is 208 g/mol. The maximum atomic E-state index is 10.9. The molecule has 0 spiro atoms. The summed E-state index contributed by atoms with van der Waals surface area (Å²) in [6.45, 7) is 1.32. The van der Waals surface area contributed by atoms with Crippen LogP contribution in [0.2, 0.25) is 0 Å². The minimum absolute atomic E-state index is 0. The molecule has 14 heavy (non-hydrogen) atoms. The second-order valence-electron chi connectivity index (χ2n) is 3.05. The molecule has 2 N–H and O–H groups in total. The van der Waals surface area contributed by atoms with Crippen LogP contribution in [0.3, 0.4) is 0 Å². The Kier molecular flexibility index (Phi) is 9.81. The Balaban J connectivity index is 0. The second-order valence-corrected chi connectivity index (χ2v) is 3.05. The molecule has 0 aliphatic heterocycles. The average molecular weight is 225 g/mol. The number of likely N-dealkylation sites (N-methyl/N-ethyl adjacent to an activating group) is 1. The van der Waals surface area contributed by atoms with E-state index in [0.29, 0.717) is 6.54 Å². The lowest BCUT2D eigenvalue weighted by Crippen LogP contribution is -2.31. The van der Waals surface area contributed by atoms with Gasteiger partial charge in [0.25, 0.3) is 0 Å². The van der Waals surface area contributed by atoms with E-state index in [0.717, 1.165) is 6.54 Å². The quantitative estimate of drug-likeness (QED) is 0.664. The van der Waals surface area contributed by atoms with Crippen molar-refractivity contribution in [3.05, 3.63) is 0 Å². The molecule has 0 rings (SSSR count). The number of nitrogens with zero attached hydrogens (tertiary/aromatic N) is 1. The second kappa shape index (κ2) is 8.77. The summed E-state index contributed by atoms with van der Waals surface area (Å²) in [6, 6.07) is 0. The number of carbonyl (C=O) groups excluding carboxylic acids is 1. The summed E-state index contributed by atoms with van der Waals surface area (Å²) < 4.78 is 0. The van der Waals surface area contributed by atoms with E-state index in [1.807, 2.05) is 19.0 Å². The highest BCUT2D eigenvalue weighted by atomic mass is 35.5. The molecule has 0 aliphatic rings. The first kappa shape index (κ1) is 15.7. The van der Waals surface area contributed by atoms with Crippen LogP contribution in [0.5, 0.6) is 0 Å². The summed E-state index contributed by atoms with van der Waals surface area (Å²) >= 11 is 0. The molecule has 5 nitrogen and oxygen atoms in total. The molecule has 0 atom stereocenters. The first-order chi connectivity index (χ1) is 6.02. The van der Waals surface area contributed by atoms with Gasteiger partial charge in [-0.15, -0.1) is 12.4 Å². The molecular formula is C8H17ClN2O3. The van der Waals surface area contributed by atoms with E-state index in [9.17, 15) is 9.59 Å². The number of amides is 1. The maximum Gasteiger partial charge on any atom is 0.303 e. The highest BCUT2D eigenvalue weighted by molar-refractivity contribution is 5.85. The fraction of sp³-hybridized carbons (Fsp3) is 0.750. The molecule has 0 saturated heterocycles. The third-order valence-corrected chi connectivity index (χ3v) is 1.45. The summed E-state index contributed by atoms with van der Waals surface area (Å²) in [5, 5.41) is 10.9. The third kappa shape index (κ3) is 11.2. The van der Waals surface area contributed by atoms with Crippen molar-refractivity contribution in [1.29, 1.82) is 0 Å². The largest absolute Gasteiger partial charge is 0.481 e. The van der Waals surface area contributed by atoms with Crippen molar-refractivity contribution in [2.45, 2.75) is 12.8 Å². The fourth-order valence-corrected chi connectivity index (χ4v) is 0.728. The van der Waals surface area contributed by atoms with Crippen LogP contribution in [0.15, 0.2) is 0 Å². The SMILES string of the molecule is CN(C)CCNC(=O)CCC(=O)O.Cl. The smallest absolute Gasteiger partial charge is 0.303 e. The number of carbonyl (C=O) groups is 2. The van der Waals surface area contributed by atoms with Gasteiger partial charge >= 0.3 is 5.97 Å². The Hall–Kier alpha value is -0.810. The van der Waals surface area contributed by atoms with E-state index in [1.165, 1.54) is 0 Å². The Morgan fingerprint density at radius 1 is 1.29 bits per heavy atom. The zero-order chi connectivity index (χ0) is 10.3. The zero-order valence-corrected chi connectivity index (χ0v) is 9.26. The van der Waals surface area contributed by atoms with Crippen LogP contribution < -0.4 is 5.32 Å². The Bertz CT molecular complexity index is 185. The minimum atomic E-state index is -0.942. The maximum absolute atomic E-state index is 10.9. The van der Waals surface area contributed by atoms with Gasteiger partial charge in [0.15, 0.2) is 0 Å². The number of hydrogen-bond acceptors (Lipinski definition) is 3. The molecule has 84 valence electrons. The third-order valence-electron chi connectivity index (χ3n) is 1.45. The van der Waals surface area contributed by atoms with Crippen molar-refractivity contribution in [3.8, 4) is 0 Å². The van der Waals surface area contributed by atoms with Crippen molar-refractivity contribution in [3.63, 3.8) is 0 Å². The monoisotopic (exact) mass is 224 g/mol. The van der Waals surface area contributed by atoms with Crippen molar-refractivity contribution in [2.75, 3.05) is 27.2 Å².